The molecule has 0 fully saturated rings. The average Bonchev–Trinajstić information content (AvgIpc) is 3.37. The standard InChI is InChI=1S/C67H117NO3/c1-3-5-7-9-11-13-15-17-19-21-23-25-27-29-31-32-33-34-35-37-38-40-42-44-46-48-50-52-54-56-58-60-62-66(70)65(64-69)68-67(71)63-61-59-57-55-53-51-49-47-45-43-41-39-36-30-28-26-24-22-20-18-16-14-12-10-8-6-4-2/h6,8,12,14,18,20,24,26,30,36,41,43,47,49,53,55,60,62,65-66,69-70H,3-5,7,9-11,13,15-17,19,21-23,25,27-29,31-35,37-40,42,44-46,48,50-52,54,56-59,61,63-64H2,1-2H3,(H,68,71)/b8-6-,14-12-,20-18-,26-24-,36-30-,43-41-,49-47-,55-53-,62-60+. The van der Waals surface area contributed by atoms with E-state index in [-0.39, 0.29) is 12.5 Å². The molecule has 3 N–H and O–H groups in total. The number of unbranched alkanes of at least 4 members (excludes halogenated alkanes) is 32. The Bertz CT molecular complexity index is 1350. The number of amides is 1. The van der Waals surface area contributed by atoms with Gasteiger partial charge in [0.2, 0.25) is 5.91 Å². The van der Waals surface area contributed by atoms with Crippen LogP contribution >= 0.6 is 0 Å². The molecule has 408 valence electrons. The first-order valence-electron chi connectivity index (χ1n) is 30.6. The number of hydrogen-bond donors (Lipinski definition) is 3. The largest absolute Gasteiger partial charge is 0.394 e. The van der Waals surface area contributed by atoms with Crippen molar-refractivity contribution in [2.75, 3.05) is 6.61 Å². The molecule has 0 aliphatic heterocycles. The number of carbonyl (C=O) groups is 1. The van der Waals surface area contributed by atoms with Gasteiger partial charge in [0.1, 0.15) is 0 Å². The van der Waals surface area contributed by atoms with E-state index in [1.54, 1.807) is 6.08 Å². The molecule has 0 radical (unpaired) electrons. The Morgan fingerprint density at radius 2 is 0.620 bits per heavy atom. The summed E-state index contributed by atoms with van der Waals surface area (Å²) in [6, 6.07) is -0.656. The highest BCUT2D eigenvalue weighted by molar-refractivity contribution is 5.76. The van der Waals surface area contributed by atoms with Crippen molar-refractivity contribution in [2.45, 2.75) is 302 Å². The Morgan fingerprint density at radius 1 is 0.352 bits per heavy atom. The molecule has 2 atom stereocenters. The average molecular weight is 985 g/mol. The van der Waals surface area contributed by atoms with Crippen molar-refractivity contribution >= 4 is 5.91 Å². The Kier molecular flexibility index (Phi) is 58.8. The topological polar surface area (TPSA) is 69.6 Å². The zero-order chi connectivity index (χ0) is 51.3. The SMILES string of the molecule is CC/C=C\C/C=C\C/C=C\C/C=C\C/C=C\C/C=C\C/C=C\C/C=C\CCCCC(=O)NC(CO)C(O)/C=C/CCCCCCCCCCCCCCCCCCCCCCCCCCCCCCCC. The first-order valence-corrected chi connectivity index (χ1v) is 30.6. The Morgan fingerprint density at radius 3 is 0.930 bits per heavy atom. The maximum atomic E-state index is 12.5. The molecule has 0 aromatic carbocycles. The van der Waals surface area contributed by atoms with E-state index in [1.807, 2.05) is 6.08 Å². The lowest BCUT2D eigenvalue weighted by Crippen LogP contribution is -2.45. The summed E-state index contributed by atoms with van der Waals surface area (Å²) in [4.78, 5) is 12.5. The van der Waals surface area contributed by atoms with Gasteiger partial charge < -0.3 is 15.5 Å². The quantitative estimate of drug-likeness (QED) is 0.0420. The predicted octanol–water partition coefficient (Wildman–Crippen LogP) is 20.6. The monoisotopic (exact) mass is 984 g/mol. The molecule has 0 aromatic rings. The van der Waals surface area contributed by atoms with Gasteiger partial charge in [-0.3, -0.25) is 4.79 Å². The van der Waals surface area contributed by atoms with Crippen molar-refractivity contribution < 1.29 is 15.0 Å². The first-order chi connectivity index (χ1) is 35.2. The minimum absolute atomic E-state index is 0.108. The minimum atomic E-state index is -0.868. The number of hydrogen-bond acceptors (Lipinski definition) is 3. The van der Waals surface area contributed by atoms with Gasteiger partial charge in [-0.15, -0.1) is 0 Å². The molecule has 0 saturated carbocycles. The van der Waals surface area contributed by atoms with E-state index in [1.165, 1.54) is 186 Å². The fraction of sp³-hybridized carbons (Fsp3) is 0.716. The third-order valence-electron chi connectivity index (χ3n) is 13.5. The lowest BCUT2D eigenvalue weighted by molar-refractivity contribution is -0.123. The van der Waals surface area contributed by atoms with Gasteiger partial charge >= 0.3 is 0 Å². The number of nitrogens with one attached hydrogen (secondary N) is 1. The molecular formula is C67H117NO3. The smallest absolute Gasteiger partial charge is 0.220 e. The van der Waals surface area contributed by atoms with Crippen molar-refractivity contribution in [1.29, 1.82) is 0 Å². The van der Waals surface area contributed by atoms with Crippen LogP contribution in [0.15, 0.2) is 109 Å². The van der Waals surface area contributed by atoms with Gasteiger partial charge in [-0.05, 0) is 83.5 Å². The van der Waals surface area contributed by atoms with Crippen LogP contribution in [0.4, 0.5) is 0 Å². The summed E-state index contributed by atoms with van der Waals surface area (Å²) >= 11 is 0. The van der Waals surface area contributed by atoms with E-state index in [2.05, 4.69) is 116 Å². The van der Waals surface area contributed by atoms with Crippen molar-refractivity contribution in [3.05, 3.63) is 109 Å². The van der Waals surface area contributed by atoms with E-state index in [4.69, 9.17) is 0 Å². The third-order valence-corrected chi connectivity index (χ3v) is 13.5. The fourth-order valence-corrected chi connectivity index (χ4v) is 8.90. The second kappa shape index (κ2) is 61.4. The summed E-state index contributed by atoms with van der Waals surface area (Å²) in [5.74, 6) is -0.108. The van der Waals surface area contributed by atoms with Crippen molar-refractivity contribution in [3.8, 4) is 0 Å². The van der Waals surface area contributed by atoms with Crippen LogP contribution in [0.1, 0.15) is 290 Å². The third kappa shape index (κ3) is 57.8. The van der Waals surface area contributed by atoms with E-state index in [0.29, 0.717) is 6.42 Å². The van der Waals surface area contributed by atoms with Gasteiger partial charge in [-0.1, -0.05) is 309 Å². The van der Waals surface area contributed by atoms with Gasteiger partial charge in [-0.2, -0.15) is 0 Å². The van der Waals surface area contributed by atoms with Crippen molar-refractivity contribution in [1.82, 2.24) is 5.32 Å². The minimum Gasteiger partial charge on any atom is -0.394 e. The van der Waals surface area contributed by atoms with Crippen LogP contribution < -0.4 is 5.32 Å². The highest BCUT2D eigenvalue weighted by Gasteiger charge is 2.18. The van der Waals surface area contributed by atoms with Gasteiger partial charge in [-0.25, -0.2) is 0 Å². The number of rotatable bonds is 55. The summed E-state index contributed by atoms with van der Waals surface area (Å²) in [5.41, 5.74) is 0. The predicted molar refractivity (Wildman–Crippen MR) is 317 cm³/mol. The van der Waals surface area contributed by atoms with Crippen LogP contribution in [0.2, 0.25) is 0 Å². The molecule has 4 nitrogen and oxygen atoms in total. The first kappa shape index (κ1) is 68.0. The van der Waals surface area contributed by atoms with E-state index in [9.17, 15) is 15.0 Å². The molecule has 0 aliphatic carbocycles. The molecule has 0 aliphatic rings. The van der Waals surface area contributed by atoms with Crippen LogP contribution in [-0.4, -0.2) is 34.9 Å². The molecule has 0 bridgehead atoms. The van der Waals surface area contributed by atoms with E-state index >= 15 is 0 Å². The molecule has 2 unspecified atom stereocenters. The van der Waals surface area contributed by atoms with Gasteiger partial charge in [0.05, 0.1) is 18.8 Å². The molecular weight excluding hydrogens is 867 g/mol. The number of carbonyl (C=O) groups excluding carboxylic acids is 1. The second-order valence-corrected chi connectivity index (χ2v) is 20.4. The van der Waals surface area contributed by atoms with Crippen LogP contribution in [0.25, 0.3) is 0 Å². The van der Waals surface area contributed by atoms with Crippen molar-refractivity contribution in [3.63, 3.8) is 0 Å². The number of allylic oxidation sites excluding steroid dienone is 17. The van der Waals surface area contributed by atoms with Gasteiger partial charge in [0, 0.05) is 6.42 Å². The molecule has 1 amide bonds. The highest BCUT2D eigenvalue weighted by Crippen LogP contribution is 2.17. The second-order valence-electron chi connectivity index (χ2n) is 20.4. The Hall–Kier alpha value is -2.95. The Labute approximate surface area is 442 Å². The van der Waals surface area contributed by atoms with Crippen LogP contribution in [-0.2, 0) is 4.79 Å². The van der Waals surface area contributed by atoms with Crippen molar-refractivity contribution in [2.24, 2.45) is 0 Å². The summed E-state index contributed by atoms with van der Waals surface area (Å²) in [6.07, 6.45) is 92.7. The molecule has 0 spiro atoms. The zero-order valence-electron chi connectivity index (χ0n) is 47.0. The number of aliphatic hydroxyl groups is 2. The molecule has 0 heterocycles. The van der Waals surface area contributed by atoms with E-state index in [0.717, 1.165) is 83.5 Å². The molecule has 71 heavy (non-hydrogen) atoms. The van der Waals surface area contributed by atoms with Crippen LogP contribution in [0, 0.1) is 0 Å². The van der Waals surface area contributed by atoms with Gasteiger partial charge in [0.15, 0.2) is 0 Å². The lowest BCUT2D eigenvalue weighted by atomic mass is 10.0. The maximum Gasteiger partial charge on any atom is 0.220 e. The molecule has 0 aromatic heterocycles. The van der Waals surface area contributed by atoms with Gasteiger partial charge in [0.25, 0.3) is 0 Å². The fourth-order valence-electron chi connectivity index (χ4n) is 8.90. The summed E-state index contributed by atoms with van der Waals surface area (Å²) < 4.78 is 0. The number of aliphatic hydroxyl groups excluding tert-OH is 2. The lowest BCUT2D eigenvalue weighted by Gasteiger charge is -2.19. The molecule has 4 heteroatoms. The normalized spacial score (nSPS) is 13.6. The molecule has 0 saturated heterocycles. The zero-order valence-corrected chi connectivity index (χ0v) is 47.0. The summed E-state index contributed by atoms with van der Waals surface area (Å²) in [7, 11) is 0. The summed E-state index contributed by atoms with van der Waals surface area (Å²) in [5, 5.41) is 23.2. The van der Waals surface area contributed by atoms with E-state index < -0.39 is 12.1 Å². The molecule has 0 rings (SSSR count). The Balaban J connectivity index is 3.59. The van der Waals surface area contributed by atoms with Crippen LogP contribution in [0.5, 0.6) is 0 Å². The van der Waals surface area contributed by atoms with Crippen LogP contribution in [0.3, 0.4) is 0 Å². The highest BCUT2D eigenvalue weighted by atomic mass is 16.3. The summed E-state index contributed by atoms with van der Waals surface area (Å²) in [6.45, 7) is 4.19. The maximum absolute atomic E-state index is 12.5.